The summed E-state index contributed by atoms with van der Waals surface area (Å²) in [5.41, 5.74) is 2.54. The van der Waals surface area contributed by atoms with E-state index in [4.69, 9.17) is 4.74 Å². The summed E-state index contributed by atoms with van der Waals surface area (Å²) in [5, 5.41) is 5.53. The van der Waals surface area contributed by atoms with Gasteiger partial charge in [-0.1, -0.05) is 6.07 Å². The Morgan fingerprint density at radius 1 is 1.13 bits per heavy atom. The standard InChI is InChI=1S/C22H24FN3O3S/c1-29-22-4-3-15(12-20(22)23)17-11-16-5-8-24-14-19(16)21(13-17)25-18-6-9-26(10-7-18)30(2,27)28/h3-5,8,11-14,18,25H,6-7,9-10H2,1-2H3. The van der Waals surface area contributed by atoms with Crippen molar-refractivity contribution in [3.05, 3.63) is 54.6 Å². The molecule has 0 bridgehead atoms. The Balaban J connectivity index is 1.65. The van der Waals surface area contributed by atoms with E-state index >= 15 is 0 Å². The molecule has 1 aliphatic rings. The van der Waals surface area contributed by atoms with Gasteiger partial charge in [-0.25, -0.2) is 17.1 Å². The van der Waals surface area contributed by atoms with Gasteiger partial charge < -0.3 is 10.1 Å². The molecule has 1 aromatic heterocycles. The quantitative estimate of drug-likeness (QED) is 0.666. The van der Waals surface area contributed by atoms with Crippen molar-refractivity contribution in [2.45, 2.75) is 18.9 Å². The van der Waals surface area contributed by atoms with Crippen LogP contribution in [0.15, 0.2) is 48.8 Å². The molecule has 1 fully saturated rings. The highest BCUT2D eigenvalue weighted by atomic mass is 32.2. The lowest BCUT2D eigenvalue weighted by molar-refractivity contribution is 0.332. The average molecular weight is 430 g/mol. The normalized spacial score (nSPS) is 16.0. The summed E-state index contributed by atoms with van der Waals surface area (Å²) in [7, 11) is -1.72. The molecule has 4 rings (SSSR count). The summed E-state index contributed by atoms with van der Waals surface area (Å²) in [6, 6.07) is 11.0. The van der Waals surface area contributed by atoms with E-state index in [0.717, 1.165) is 40.4 Å². The van der Waals surface area contributed by atoms with Gasteiger partial charge in [0.25, 0.3) is 0 Å². The van der Waals surface area contributed by atoms with Crippen molar-refractivity contribution in [2.75, 3.05) is 31.8 Å². The summed E-state index contributed by atoms with van der Waals surface area (Å²) < 4.78 is 44.3. The van der Waals surface area contributed by atoms with Gasteiger partial charge in [0.05, 0.1) is 13.4 Å². The predicted octanol–water partition coefficient (Wildman–Crippen LogP) is 3.89. The molecule has 30 heavy (non-hydrogen) atoms. The summed E-state index contributed by atoms with van der Waals surface area (Å²) in [6.07, 6.45) is 6.22. The van der Waals surface area contributed by atoms with E-state index in [2.05, 4.69) is 10.3 Å². The topological polar surface area (TPSA) is 71.5 Å². The molecule has 6 nitrogen and oxygen atoms in total. The van der Waals surface area contributed by atoms with Crippen LogP contribution in [-0.2, 0) is 10.0 Å². The highest BCUT2D eigenvalue weighted by molar-refractivity contribution is 7.88. The van der Waals surface area contributed by atoms with Crippen LogP contribution in [0.3, 0.4) is 0 Å². The van der Waals surface area contributed by atoms with Crippen molar-refractivity contribution in [1.29, 1.82) is 0 Å². The summed E-state index contributed by atoms with van der Waals surface area (Å²) >= 11 is 0. The minimum atomic E-state index is -3.16. The number of nitrogens with one attached hydrogen (secondary N) is 1. The van der Waals surface area contributed by atoms with E-state index in [9.17, 15) is 12.8 Å². The largest absolute Gasteiger partial charge is 0.494 e. The Hall–Kier alpha value is -2.71. The van der Waals surface area contributed by atoms with E-state index in [-0.39, 0.29) is 11.8 Å². The third-order valence-electron chi connectivity index (χ3n) is 5.52. The molecule has 0 atom stereocenters. The van der Waals surface area contributed by atoms with Gasteiger partial charge in [-0.2, -0.15) is 0 Å². The first-order chi connectivity index (χ1) is 14.3. The number of pyridine rings is 1. The molecule has 3 aromatic rings. The van der Waals surface area contributed by atoms with Gasteiger partial charge in [0.2, 0.25) is 10.0 Å². The zero-order valence-corrected chi connectivity index (χ0v) is 17.7. The van der Waals surface area contributed by atoms with Gasteiger partial charge in [-0.05, 0) is 59.7 Å². The monoisotopic (exact) mass is 429 g/mol. The third-order valence-corrected chi connectivity index (χ3v) is 6.83. The summed E-state index contributed by atoms with van der Waals surface area (Å²) in [5.74, 6) is -0.202. The number of methoxy groups -OCH3 is 1. The van der Waals surface area contributed by atoms with Crippen molar-refractivity contribution in [3.8, 4) is 16.9 Å². The smallest absolute Gasteiger partial charge is 0.211 e. The number of rotatable bonds is 5. The minimum Gasteiger partial charge on any atom is -0.494 e. The fourth-order valence-electron chi connectivity index (χ4n) is 3.88. The Morgan fingerprint density at radius 3 is 2.57 bits per heavy atom. The molecule has 1 aliphatic heterocycles. The van der Waals surface area contributed by atoms with E-state index in [0.29, 0.717) is 13.1 Å². The van der Waals surface area contributed by atoms with Gasteiger partial charge in [0.15, 0.2) is 11.6 Å². The van der Waals surface area contributed by atoms with Crippen molar-refractivity contribution in [3.63, 3.8) is 0 Å². The zero-order chi connectivity index (χ0) is 21.3. The number of hydrogen-bond donors (Lipinski definition) is 1. The predicted molar refractivity (Wildman–Crippen MR) is 117 cm³/mol. The van der Waals surface area contributed by atoms with Crippen LogP contribution in [0.25, 0.3) is 21.9 Å². The lowest BCUT2D eigenvalue weighted by Gasteiger charge is -2.31. The van der Waals surface area contributed by atoms with Crippen LogP contribution in [0.1, 0.15) is 12.8 Å². The SMILES string of the molecule is COc1ccc(-c2cc(NC3CCN(S(C)(=O)=O)CC3)c3cnccc3c2)cc1F. The molecule has 2 aromatic carbocycles. The van der Waals surface area contributed by atoms with Gasteiger partial charge in [-0.3, -0.25) is 4.98 Å². The van der Waals surface area contributed by atoms with Crippen LogP contribution < -0.4 is 10.1 Å². The summed E-state index contributed by atoms with van der Waals surface area (Å²) in [4.78, 5) is 4.25. The lowest BCUT2D eigenvalue weighted by atomic mass is 9.99. The lowest BCUT2D eigenvalue weighted by Crippen LogP contribution is -2.41. The zero-order valence-electron chi connectivity index (χ0n) is 16.9. The number of aromatic nitrogens is 1. The Kier molecular flexibility index (Phi) is 5.62. The second kappa shape index (κ2) is 8.20. The third kappa shape index (κ3) is 4.24. The van der Waals surface area contributed by atoms with Gasteiger partial charge in [0, 0.05) is 42.6 Å². The molecule has 0 aliphatic carbocycles. The first kappa shape index (κ1) is 20.6. The number of anilines is 1. The van der Waals surface area contributed by atoms with Gasteiger partial charge in [-0.15, -0.1) is 0 Å². The van der Waals surface area contributed by atoms with Gasteiger partial charge >= 0.3 is 0 Å². The molecule has 158 valence electrons. The maximum Gasteiger partial charge on any atom is 0.211 e. The van der Waals surface area contributed by atoms with Crippen LogP contribution >= 0.6 is 0 Å². The van der Waals surface area contributed by atoms with E-state index in [1.165, 1.54) is 23.7 Å². The number of benzene rings is 2. The second-order valence-electron chi connectivity index (χ2n) is 7.55. The van der Waals surface area contributed by atoms with E-state index < -0.39 is 15.8 Å². The van der Waals surface area contributed by atoms with Crippen LogP contribution in [-0.4, -0.2) is 50.2 Å². The minimum absolute atomic E-state index is 0.147. The molecule has 0 spiro atoms. The fraction of sp³-hybridized carbons (Fsp3) is 0.318. The van der Waals surface area contributed by atoms with E-state index in [1.807, 2.05) is 30.5 Å². The molecule has 0 radical (unpaired) electrons. The molecular formula is C22H24FN3O3S. The fourth-order valence-corrected chi connectivity index (χ4v) is 4.76. The number of halogens is 1. The average Bonchev–Trinajstić information content (AvgIpc) is 2.73. The first-order valence-corrected chi connectivity index (χ1v) is 11.6. The Bertz CT molecular complexity index is 1180. The number of hydrogen-bond acceptors (Lipinski definition) is 5. The maximum absolute atomic E-state index is 14.3. The molecule has 0 amide bonds. The molecule has 1 saturated heterocycles. The highest BCUT2D eigenvalue weighted by Crippen LogP contribution is 2.33. The Labute approximate surface area is 175 Å². The Morgan fingerprint density at radius 2 is 1.90 bits per heavy atom. The van der Waals surface area contributed by atoms with Gasteiger partial charge in [0.1, 0.15) is 0 Å². The molecule has 2 heterocycles. The van der Waals surface area contributed by atoms with Crippen molar-refractivity contribution in [1.82, 2.24) is 9.29 Å². The highest BCUT2D eigenvalue weighted by Gasteiger charge is 2.25. The molecule has 1 N–H and O–H groups in total. The van der Waals surface area contributed by atoms with Crippen molar-refractivity contribution >= 4 is 26.5 Å². The number of ether oxygens (including phenoxy) is 1. The summed E-state index contributed by atoms with van der Waals surface area (Å²) in [6.45, 7) is 0.992. The van der Waals surface area contributed by atoms with Crippen LogP contribution in [0.4, 0.5) is 10.1 Å². The number of nitrogens with zero attached hydrogens (tertiary/aromatic N) is 2. The van der Waals surface area contributed by atoms with Crippen LogP contribution in [0.5, 0.6) is 5.75 Å². The van der Waals surface area contributed by atoms with E-state index in [1.54, 1.807) is 12.3 Å². The molecule has 8 heteroatoms. The molecule has 0 unspecified atom stereocenters. The van der Waals surface area contributed by atoms with Crippen molar-refractivity contribution < 1.29 is 17.5 Å². The maximum atomic E-state index is 14.3. The number of piperidine rings is 1. The number of sulfonamides is 1. The molecular weight excluding hydrogens is 405 g/mol. The number of fused-ring (bicyclic) bond motifs is 1. The van der Waals surface area contributed by atoms with Crippen molar-refractivity contribution in [2.24, 2.45) is 0 Å². The van der Waals surface area contributed by atoms with Crippen LogP contribution in [0, 0.1) is 5.82 Å². The molecule has 0 saturated carbocycles. The first-order valence-electron chi connectivity index (χ1n) is 9.78. The van der Waals surface area contributed by atoms with Crippen LogP contribution in [0.2, 0.25) is 0 Å². The second-order valence-corrected chi connectivity index (χ2v) is 9.53.